The zero-order valence-corrected chi connectivity index (χ0v) is 8.89. The highest BCUT2D eigenvalue weighted by atomic mass is 14.4. The van der Waals surface area contributed by atoms with Gasteiger partial charge in [-0.15, -0.1) is 0 Å². The number of unbranched alkanes of at least 4 members (excludes halogenated alkanes) is 1. The van der Waals surface area contributed by atoms with Gasteiger partial charge in [-0.1, -0.05) is 37.8 Å². The quantitative estimate of drug-likeness (QED) is 0.531. The fourth-order valence-electron chi connectivity index (χ4n) is 2.26. The minimum absolute atomic E-state index is 1.11. The molecule has 2 saturated carbocycles. The zero-order valence-electron chi connectivity index (χ0n) is 8.89. The van der Waals surface area contributed by atoms with Gasteiger partial charge in [-0.25, -0.2) is 0 Å². The van der Waals surface area contributed by atoms with Crippen molar-refractivity contribution in [3.63, 3.8) is 0 Å². The van der Waals surface area contributed by atoms with Crippen molar-refractivity contribution in [2.75, 3.05) is 0 Å². The molecule has 0 saturated heterocycles. The highest BCUT2D eigenvalue weighted by molar-refractivity contribution is 5.16. The van der Waals surface area contributed by atoms with Crippen LogP contribution in [0.3, 0.4) is 0 Å². The molecule has 2 atom stereocenters. The lowest BCUT2D eigenvalue weighted by atomic mass is 10.1. The van der Waals surface area contributed by atoms with E-state index in [0.717, 1.165) is 11.8 Å². The van der Waals surface area contributed by atoms with Gasteiger partial charge in [0.05, 0.1) is 0 Å². The summed E-state index contributed by atoms with van der Waals surface area (Å²) in [6, 6.07) is 0. The summed E-state index contributed by atoms with van der Waals surface area (Å²) >= 11 is 0. The summed E-state index contributed by atoms with van der Waals surface area (Å²) < 4.78 is 0. The molecule has 0 amide bonds. The minimum Gasteiger partial charge on any atom is -0.0853 e. The Balaban J connectivity index is 1.50. The van der Waals surface area contributed by atoms with Gasteiger partial charge >= 0.3 is 0 Å². The number of allylic oxidation sites excluding steroid dienone is 2. The Morgan fingerprint density at radius 3 is 2.69 bits per heavy atom. The number of hydrogen-bond acceptors (Lipinski definition) is 0. The van der Waals surface area contributed by atoms with Gasteiger partial charge in [0.1, 0.15) is 0 Å². The predicted molar refractivity (Wildman–Crippen MR) is 57.7 cm³/mol. The van der Waals surface area contributed by atoms with Gasteiger partial charge in [0, 0.05) is 0 Å². The van der Waals surface area contributed by atoms with Gasteiger partial charge in [0.25, 0.3) is 0 Å². The Bertz CT molecular complexity index is 184. The van der Waals surface area contributed by atoms with Crippen LogP contribution < -0.4 is 0 Å². The first kappa shape index (κ1) is 9.30. The van der Waals surface area contributed by atoms with Gasteiger partial charge in [-0.3, -0.25) is 0 Å². The van der Waals surface area contributed by atoms with Crippen molar-refractivity contribution in [1.29, 1.82) is 0 Å². The molecule has 2 rings (SSSR count). The Kier molecular flexibility index (Phi) is 3.08. The molecule has 2 aliphatic carbocycles. The summed E-state index contributed by atoms with van der Waals surface area (Å²) in [5, 5.41) is 0. The molecular formula is C13H22. The van der Waals surface area contributed by atoms with Crippen LogP contribution in [0.4, 0.5) is 0 Å². The molecule has 0 aliphatic heterocycles. The van der Waals surface area contributed by atoms with Crippen molar-refractivity contribution >= 4 is 0 Å². The highest BCUT2D eigenvalue weighted by Gasteiger charge is 2.34. The second kappa shape index (κ2) is 4.30. The van der Waals surface area contributed by atoms with Crippen LogP contribution in [0.5, 0.6) is 0 Å². The third-order valence-electron chi connectivity index (χ3n) is 3.51. The molecule has 0 nitrogen and oxygen atoms in total. The average molecular weight is 178 g/mol. The molecule has 0 radical (unpaired) electrons. The van der Waals surface area contributed by atoms with Crippen molar-refractivity contribution in [2.45, 2.75) is 58.3 Å². The van der Waals surface area contributed by atoms with E-state index in [4.69, 9.17) is 0 Å². The molecule has 0 heterocycles. The Morgan fingerprint density at radius 2 is 2.00 bits per heavy atom. The molecule has 2 fully saturated rings. The van der Waals surface area contributed by atoms with Crippen molar-refractivity contribution in [1.82, 2.24) is 0 Å². The summed E-state index contributed by atoms with van der Waals surface area (Å²) in [6.45, 7) is 2.30. The normalized spacial score (nSPS) is 30.4. The molecule has 0 bridgehead atoms. The average Bonchev–Trinajstić information content (AvgIpc) is 2.97. The van der Waals surface area contributed by atoms with E-state index in [1.165, 1.54) is 44.9 Å². The summed E-state index contributed by atoms with van der Waals surface area (Å²) in [4.78, 5) is 0. The van der Waals surface area contributed by atoms with E-state index in [-0.39, 0.29) is 0 Å². The molecule has 0 heteroatoms. The van der Waals surface area contributed by atoms with Crippen molar-refractivity contribution < 1.29 is 0 Å². The maximum atomic E-state index is 2.50. The van der Waals surface area contributed by atoms with Crippen LogP contribution in [-0.4, -0.2) is 0 Å². The topological polar surface area (TPSA) is 0 Å². The molecule has 0 aromatic carbocycles. The fraction of sp³-hybridized carbons (Fsp3) is 0.846. The summed E-state index contributed by atoms with van der Waals surface area (Å²) in [6.07, 6.45) is 14.1. The largest absolute Gasteiger partial charge is 0.0853 e. The van der Waals surface area contributed by atoms with Gasteiger partial charge in [-0.05, 0) is 43.9 Å². The van der Waals surface area contributed by atoms with Gasteiger partial charge in [0.15, 0.2) is 0 Å². The fourth-order valence-corrected chi connectivity index (χ4v) is 2.26. The SMILES string of the molecule is CCCCC1CC1CCC=C1CC1. The van der Waals surface area contributed by atoms with Crippen molar-refractivity contribution in [3.05, 3.63) is 11.6 Å². The third-order valence-corrected chi connectivity index (χ3v) is 3.51. The molecule has 0 aromatic heterocycles. The maximum absolute atomic E-state index is 2.50. The first-order valence-electron chi connectivity index (χ1n) is 6.08. The first-order valence-corrected chi connectivity index (χ1v) is 6.08. The van der Waals surface area contributed by atoms with Gasteiger partial charge in [0.2, 0.25) is 0 Å². The van der Waals surface area contributed by atoms with Gasteiger partial charge < -0.3 is 0 Å². The van der Waals surface area contributed by atoms with E-state index < -0.39 is 0 Å². The molecule has 0 N–H and O–H groups in total. The van der Waals surface area contributed by atoms with Crippen molar-refractivity contribution in [3.8, 4) is 0 Å². The van der Waals surface area contributed by atoms with E-state index in [9.17, 15) is 0 Å². The first-order chi connectivity index (χ1) is 6.40. The highest BCUT2D eigenvalue weighted by Crippen LogP contribution is 2.45. The third kappa shape index (κ3) is 3.17. The lowest BCUT2D eigenvalue weighted by Crippen LogP contribution is -1.83. The standard InChI is InChI=1S/C13H22/c1-2-3-6-12-10-13(12)7-4-5-11-8-9-11/h5,12-13H,2-4,6-10H2,1H3. The molecule has 74 valence electrons. The molecule has 0 spiro atoms. The molecule has 0 aromatic rings. The summed E-state index contributed by atoms with van der Waals surface area (Å²) in [5.74, 6) is 2.24. The summed E-state index contributed by atoms with van der Waals surface area (Å²) in [5.41, 5.74) is 1.73. The number of hydrogen-bond donors (Lipinski definition) is 0. The van der Waals surface area contributed by atoms with Crippen LogP contribution in [-0.2, 0) is 0 Å². The second-order valence-electron chi connectivity index (χ2n) is 4.84. The van der Waals surface area contributed by atoms with Crippen LogP contribution >= 0.6 is 0 Å². The van der Waals surface area contributed by atoms with E-state index in [1.54, 1.807) is 12.0 Å². The van der Waals surface area contributed by atoms with Crippen LogP contribution in [0.2, 0.25) is 0 Å². The lowest BCUT2D eigenvalue weighted by Gasteiger charge is -1.96. The molecule has 13 heavy (non-hydrogen) atoms. The lowest BCUT2D eigenvalue weighted by molar-refractivity contribution is 0.582. The Morgan fingerprint density at radius 1 is 1.23 bits per heavy atom. The smallest absolute Gasteiger partial charge is 0.0283 e. The monoisotopic (exact) mass is 178 g/mol. The summed E-state index contributed by atoms with van der Waals surface area (Å²) in [7, 11) is 0. The zero-order chi connectivity index (χ0) is 9.10. The van der Waals surface area contributed by atoms with E-state index in [0.29, 0.717) is 0 Å². The van der Waals surface area contributed by atoms with E-state index >= 15 is 0 Å². The van der Waals surface area contributed by atoms with Gasteiger partial charge in [-0.2, -0.15) is 0 Å². The minimum atomic E-state index is 1.11. The Labute approximate surface area is 82.4 Å². The van der Waals surface area contributed by atoms with E-state index in [2.05, 4.69) is 13.0 Å². The number of rotatable bonds is 6. The van der Waals surface area contributed by atoms with E-state index in [1.807, 2.05) is 0 Å². The van der Waals surface area contributed by atoms with Crippen LogP contribution in [0, 0.1) is 11.8 Å². The molecule has 2 aliphatic rings. The van der Waals surface area contributed by atoms with Crippen molar-refractivity contribution in [2.24, 2.45) is 11.8 Å². The van der Waals surface area contributed by atoms with Crippen LogP contribution in [0.1, 0.15) is 58.3 Å². The Hall–Kier alpha value is -0.260. The maximum Gasteiger partial charge on any atom is -0.0283 e. The second-order valence-corrected chi connectivity index (χ2v) is 4.84. The predicted octanol–water partition coefficient (Wildman–Crippen LogP) is 4.31. The molecule has 2 unspecified atom stereocenters. The molecular weight excluding hydrogens is 156 g/mol. The van der Waals surface area contributed by atoms with Crippen LogP contribution in [0.15, 0.2) is 11.6 Å². The van der Waals surface area contributed by atoms with Crippen LogP contribution in [0.25, 0.3) is 0 Å².